The topological polar surface area (TPSA) is 195 Å². The van der Waals surface area contributed by atoms with Gasteiger partial charge < -0.3 is 29.7 Å². The molecule has 6 heterocycles. The van der Waals surface area contributed by atoms with E-state index in [9.17, 15) is 23.7 Å². The Labute approximate surface area is 403 Å². The fraction of sp³-hybridized carbons (Fsp3) is 0.388. The molecule has 352 valence electrons. The Morgan fingerprint density at radius 1 is 0.912 bits per heavy atom. The van der Waals surface area contributed by atoms with E-state index in [-0.39, 0.29) is 24.0 Å². The highest BCUT2D eigenvalue weighted by Crippen LogP contribution is 2.42. The van der Waals surface area contributed by atoms with E-state index in [0.29, 0.717) is 62.0 Å². The molecule has 3 fully saturated rings. The van der Waals surface area contributed by atoms with Gasteiger partial charge in [0.25, 0.3) is 11.8 Å². The number of halogens is 1. The number of fused-ring (bicyclic) bond motifs is 2. The molecule has 3 N–H and O–H groups in total. The molecule has 4 aliphatic heterocycles. The number of imide groups is 2. The maximum atomic E-state index is 13.5. The van der Waals surface area contributed by atoms with E-state index >= 15 is 0 Å². The number of unbranched alkanes of at least 4 members (excludes halogenated alkanes) is 1. The van der Waals surface area contributed by atoms with Crippen LogP contribution in [0.5, 0.6) is 5.75 Å². The minimum absolute atomic E-state index is 0.0734. The van der Waals surface area contributed by atoms with Crippen LogP contribution in [0.1, 0.15) is 70.4 Å². The van der Waals surface area contributed by atoms with Gasteiger partial charge in [-0.2, -0.15) is 4.98 Å². The number of hydrogen-bond acceptors (Lipinski definition) is 15. The van der Waals surface area contributed by atoms with Gasteiger partial charge in [0.1, 0.15) is 30.3 Å². The first-order valence-corrected chi connectivity index (χ1v) is 26.3. The number of ether oxygens (including phenoxy) is 1. The molecule has 3 aromatic carbocycles. The summed E-state index contributed by atoms with van der Waals surface area (Å²) in [7, 11) is -1.12. The van der Waals surface area contributed by atoms with Crippen molar-refractivity contribution in [1.82, 2.24) is 40.0 Å². The van der Waals surface area contributed by atoms with Crippen molar-refractivity contribution in [2.45, 2.75) is 57.5 Å². The Morgan fingerprint density at radius 2 is 1.69 bits per heavy atom. The Balaban J connectivity index is 0.756. The van der Waals surface area contributed by atoms with Crippen LogP contribution in [0.25, 0.3) is 11.0 Å². The molecular weight excluding hydrogens is 949 g/mol. The fourth-order valence-electron chi connectivity index (χ4n) is 9.71. The summed E-state index contributed by atoms with van der Waals surface area (Å²) in [5, 5.41) is 9.57. The average molecular weight is 1000 g/mol. The van der Waals surface area contributed by atoms with E-state index in [1.165, 1.54) is 0 Å². The number of benzene rings is 3. The SMILES string of the molecule is COc1cc(N2CCC(N3CCN(CCCC#Cc4cccc5c4C(=O)N(C4CCC(=O)NC4=O)C5=O)CC3)CC2)c(C)cc1Nc1ncc(Br)c(Nc2ccc3nccnc3c2P(C)(C)=O)n1. The summed E-state index contributed by atoms with van der Waals surface area (Å²) in [6.07, 6.45) is 8.74. The summed E-state index contributed by atoms with van der Waals surface area (Å²) in [5.74, 6) is 5.76. The molecule has 4 aliphatic rings. The zero-order valence-corrected chi connectivity index (χ0v) is 41.0. The number of rotatable bonds is 12. The molecule has 0 bridgehead atoms. The summed E-state index contributed by atoms with van der Waals surface area (Å²) < 4.78 is 20.1. The van der Waals surface area contributed by atoms with Gasteiger partial charge in [-0.15, -0.1) is 0 Å². The third kappa shape index (κ3) is 9.71. The van der Waals surface area contributed by atoms with Crippen LogP contribution in [0.4, 0.5) is 28.8 Å². The molecule has 1 unspecified atom stereocenters. The van der Waals surface area contributed by atoms with E-state index in [1.54, 1.807) is 57.2 Å². The van der Waals surface area contributed by atoms with Gasteiger partial charge in [-0.3, -0.25) is 44.3 Å². The highest BCUT2D eigenvalue weighted by atomic mass is 79.9. The van der Waals surface area contributed by atoms with E-state index in [0.717, 1.165) is 86.9 Å². The van der Waals surface area contributed by atoms with Crippen molar-refractivity contribution < 1.29 is 28.5 Å². The molecule has 1 atom stereocenters. The van der Waals surface area contributed by atoms with Crippen LogP contribution < -0.4 is 30.9 Å². The van der Waals surface area contributed by atoms with Crippen LogP contribution >= 0.6 is 23.1 Å². The molecule has 19 heteroatoms. The van der Waals surface area contributed by atoms with E-state index < -0.39 is 36.8 Å². The molecule has 3 saturated heterocycles. The van der Waals surface area contributed by atoms with Gasteiger partial charge in [-0.05, 0) is 104 Å². The van der Waals surface area contributed by atoms with Crippen LogP contribution in [-0.4, -0.2) is 137 Å². The lowest BCUT2D eigenvalue weighted by atomic mass is 10.0. The van der Waals surface area contributed by atoms with Crippen LogP contribution in [0.2, 0.25) is 0 Å². The smallest absolute Gasteiger partial charge is 0.263 e. The minimum Gasteiger partial charge on any atom is -0.494 e. The lowest BCUT2D eigenvalue weighted by Gasteiger charge is -2.43. The number of anilines is 5. The monoisotopic (exact) mass is 1000 g/mol. The van der Waals surface area contributed by atoms with Crippen molar-refractivity contribution in [3.63, 3.8) is 0 Å². The number of nitrogens with zero attached hydrogens (tertiary/aromatic N) is 8. The third-order valence-electron chi connectivity index (χ3n) is 13.1. The summed E-state index contributed by atoms with van der Waals surface area (Å²) in [4.78, 5) is 77.5. The lowest BCUT2D eigenvalue weighted by molar-refractivity contribution is -0.136. The second-order valence-corrected chi connectivity index (χ2v) is 21.9. The van der Waals surface area contributed by atoms with Gasteiger partial charge in [0.05, 0.1) is 44.9 Å². The van der Waals surface area contributed by atoms with Gasteiger partial charge in [0.2, 0.25) is 17.8 Å². The number of piperazine rings is 1. The Bertz CT molecular complexity index is 2940. The quantitative estimate of drug-likeness (QED) is 0.0565. The minimum atomic E-state index is -2.78. The molecule has 4 amide bonds. The summed E-state index contributed by atoms with van der Waals surface area (Å²) in [5.41, 5.74) is 5.82. The number of carbonyl (C=O) groups excluding carboxylic acids is 4. The van der Waals surface area contributed by atoms with Crippen molar-refractivity contribution >= 4 is 91.9 Å². The van der Waals surface area contributed by atoms with Crippen LogP contribution in [0, 0.1) is 18.8 Å². The molecule has 17 nitrogen and oxygen atoms in total. The van der Waals surface area contributed by atoms with Crippen LogP contribution in [-0.2, 0) is 14.2 Å². The number of amides is 4. The third-order valence-corrected chi connectivity index (χ3v) is 15.2. The molecule has 0 radical (unpaired) electrons. The maximum absolute atomic E-state index is 13.5. The maximum Gasteiger partial charge on any atom is 0.263 e. The van der Waals surface area contributed by atoms with Crippen LogP contribution in [0.3, 0.4) is 0 Å². The Kier molecular flexibility index (Phi) is 13.6. The number of piperidine rings is 2. The van der Waals surface area contributed by atoms with Crippen molar-refractivity contribution in [3.05, 3.63) is 87.8 Å². The van der Waals surface area contributed by atoms with Gasteiger partial charge >= 0.3 is 0 Å². The van der Waals surface area contributed by atoms with Crippen molar-refractivity contribution in [2.24, 2.45) is 0 Å². The average Bonchev–Trinajstić information content (AvgIpc) is 3.58. The molecule has 68 heavy (non-hydrogen) atoms. The van der Waals surface area contributed by atoms with E-state index in [2.05, 4.69) is 92.4 Å². The second-order valence-electron chi connectivity index (χ2n) is 17.9. The standard InChI is InChI=1S/C49H53BrN11O6P/c1-30-27-37(55-49-53-29-34(50)45(57-49)54-36-13-12-35-43(52-19-18-51-35)44(36)68(3,4)66)40(67-2)28-39(30)60-21-16-32(17-22-60)59-25-23-58(24-26-59)20-7-5-6-9-31-10-8-11-33-42(31)48(65)61(47(33)64)38-14-15-41(62)56-46(38)63/h8,10-13,18-19,27-29,32,38H,5,7,14-17,20-26H2,1-4H3,(H,56,62,63)(H2,53,54,55,57). The van der Waals surface area contributed by atoms with Gasteiger partial charge in [0, 0.05) is 94.1 Å². The number of aryl methyl sites for hydroxylation is 1. The first-order valence-electron chi connectivity index (χ1n) is 22.9. The molecule has 9 rings (SSSR count). The van der Waals surface area contributed by atoms with Gasteiger partial charge in [-0.1, -0.05) is 17.9 Å². The van der Waals surface area contributed by atoms with Crippen LogP contribution in [0.15, 0.2) is 65.5 Å². The van der Waals surface area contributed by atoms with E-state index in [4.69, 9.17) is 9.72 Å². The zero-order valence-electron chi connectivity index (χ0n) is 38.5. The normalized spacial score (nSPS) is 18.3. The molecule has 0 aliphatic carbocycles. The predicted molar refractivity (Wildman–Crippen MR) is 265 cm³/mol. The second kappa shape index (κ2) is 19.8. The highest BCUT2D eigenvalue weighted by molar-refractivity contribution is 9.10. The Hall–Kier alpha value is -6.25. The molecule has 5 aromatic rings. The first kappa shape index (κ1) is 46.8. The number of methoxy groups -OCH3 is 1. The first-order chi connectivity index (χ1) is 32.8. The number of aromatic nitrogens is 4. The van der Waals surface area contributed by atoms with Crippen molar-refractivity contribution in [2.75, 3.05) is 81.8 Å². The molecule has 0 spiro atoms. The fourth-order valence-corrected chi connectivity index (χ4v) is 11.4. The Morgan fingerprint density at radius 3 is 2.44 bits per heavy atom. The lowest BCUT2D eigenvalue weighted by Crippen LogP contribution is -2.54. The number of carbonyl (C=O) groups is 4. The van der Waals surface area contributed by atoms with Gasteiger partial charge in [0.15, 0.2) is 0 Å². The highest BCUT2D eigenvalue weighted by Gasteiger charge is 2.45. The predicted octanol–water partition coefficient (Wildman–Crippen LogP) is 6.05. The van der Waals surface area contributed by atoms with Crippen molar-refractivity contribution in [3.8, 4) is 17.6 Å². The largest absolute Gasteiger partial charge is 0.494 e. The number of nitrogens with one attached hydrogen (secondary N) is 3. The zero-order chi connectivity index (χ0) is 47.7. The number of hydrogen-bond donors (Lipinski definition) is 3. The summed E-state index contributed by atoms with van der Waals surface area (Å²) >= 11 is 3.58. The molecule has 0 saturated carbocycles. The van der Waals surface area contributed by atoms with E-state index in [1.807, 2.05) is 12.1 Å². The van der Waals surface area contributed by atoms with Crippen molar-refractivity contribution in [1.29, 1.82) is 0 Å². The van der Waals surface area contributed by atoms with Gasteiger partial charge in [-0.25, -0.2) is 4.98 Å². The summed E-state index contributed by atoms with van der Waals surface area (Å²) in [6, 6.07) is 12.4. The molecule has 2 aromatic heterocycles. The molecular formula is C49H53BrN11O6P. The summed E-state index contributed by atoms with van der Waals surface area (Å²) in [6.45, 7) is 12.4.